The predicted molar refractivity (Wildman–Crippen MR) is 122 cm³/mol. The lowest BCUT2D eigenvalue weighted by molar-refractivity contribution is -0.167. The van der Waals surface area contributed by atoms with Crippen molar-refractivity contribution >= 4 is 11.8 Å². The summed E-state index contributed by atoms with van der Waals surface area (Å²) in [7, 11) is 0. The summed E-state index contributed by atoms with van der Waals surface area (Å²) in [6.07, 6.45) is 14.0. The summed E-state index contributed by atoms with van der Waals surface area (Å²) in [5.74, 6) is 0.455. The van der Waals surface area contributed by atoms with Crippen molar-refractivity contribution < 1.29 is 14.7 Å². The van der Waals surface area contributed by atoms with Crippen molar-refractivity contribution in [2.24, 2.45) is 38.9 Å². The maximum atomic E-state index is 12.7. The van der Waals surface area contributed by atoms with E-state index in [4.69, 9.17) is 0 Å². The summed E-state index contributed by atoms with van der Waals surface area (Å²) in [5, 5.41) is 10.4. The molecule has 3 fully saturated rings. The van der Waals surface area contributed by atoms with Gasteiger partial charge in [0.1, 0.15) is 0 Å². The van der Waals surface area contributed by atoms with Crippen LogP contribution in [0.15, 0.2) is 23.3 Å². The minimum Gasteiger partial charge on any atom is -0.481 e. The topological polar surface area (TPSA) is 54.4 Å². The van der Waals surface area contributed by atoms with E-state index in [-0.39, 0.29) is 27.6 Å². The van der Waals surface area contributed by atoms with Crippen LogP contribution in [0.25, 0.3) is 0 Å². The Morgan fingerprint density at radius 3 is 2.39 bits per heavy atom. The lowest BCUT2D eigenvalue weighted by Crippen LogP contribution is -2.61. The number of carboxylic acids is 1. The van der Waals surface area contributed by atoms with E-state index in [0.717, 1.165) is 57.8 Å². The molecule has 3 nitrogen and oxygen atoms in total. The van der Waals surface area contributed by atoms with Crippen LogP contribution in [-0.4, -0.2) is 16.9 Å². The molecule has 0 saturated heterocycles. The first-order valence-electron chi connectivity index (χ1n) is 12.6. The molecule has 0 amide bonds. The molecular weight excluding hydrogens is 384 g/mol. The highest BCUT2D eigenvalue weighted by molar-refractivity contribution is 5.91. The normalized spacial score (nSPS) is 48.4. The molecule has 3 heteroatoms. The standard InChI is InChI=1S/C28H40O3/c1-24(2)12-14-28(23(30)31)15-13-26(4)20(21(28)17-24)6-7-22-25(3)10-9-19(29)16-18(25)8-11-27(22,26)5/h6,16,21-22H,7-15,17H2,1-5H3,(H,30,31)/t21-,22+,25-,26+,27+,28-/m0/s1. The fourth-order valence-electron chi connectivity index (χ4n) is 9.07. The van der Waals surface area contributed by atoms with Gasteiger partial charge in [-0.3, -0.25) is 9.59 Å². The molecule has 0 bridgehead atoms. The lowest BCUT2D eigenvalue weighted by atomic mass is 9.36. The summed E-state index contributed by atoms with van der Waals surface area (Å²) in [4.78, 5) is 24.8. The second-order valence-electron chi connectivity index (χ2n) is 13.1. The number of hydrogen-bond acceptors (Lipinski definition) is 2. The summed E-state index contributed by atoms with van der Waals surface area (Å²) in [5.41, 5.74) is 2.85. The number of aliphatic carboxylic acids is 1. The smallest absolute Gasteiger partial charge is 0.310 e. The molecule has 170 valence electrons. The second-order valence-corrected chi connectivity index (χ2v) is 13.1. The third kappa shape index (κ3) is 2.64. The Balaban J connectivity index is 1.62. The van der Waals surface area contributed by atoms with Gasteiger partial charge in [0.25, 0.3) is 0 Å². The van der Waals surface area contributed by atoms with E-state index in [1.54, 1.807) is 0 Å². The van der Waals surface area contributed by atoms with E-state index < -0.39 is 11.4 Å². The number of hydrogen-bond donors (Lipinski definition) is 1. The number of rotatable bonds is 1. The van der Waals surface area contributed by atoms with Crippen molar-refractivity contribution in [3.05, 3.63) is 23.3 Å². The predicted octanol–water partition coefficient (Wildman–Crippen LogP) is 6.73. The largest absolute Gasteiger partial charge is 0.481 e. The van der Waals surface area contributed by atoms with E-state index in [0.29, 0.717) is 18.1 Å². The zero-order valence-electron chi connectivity index (χ0n) is 20.1. The second kappa shape index (κ2) is 6.35. The number of fused-ring (bicyclic) bond motifs is 7. The van der Waals surface area contributed by atoms with E-state index in [1.165, 1.54) is 11.1 Å². The number of carbonyl (C=O) groups excluding carboxylic acids is 1. The van der Waals surface area contributed by atoms with E-state index in [1.807, 2.05) is 6.08 Å². The zero-order chi connectivity index (χ0) is 22.4. The molecule has 0 spiro atoms. The van der Waals surface area contributed by atoms with Crippen molar-refractivity contribution in [3.63, 3.8) is 0 Å². The van der Waals surface area contributed by atoms with E-state index >= 15 is 0 Å². The van der Waals surface area contributed by atoms with Crippen LogP contribution in [0, 0.1) is 38.9 Å². The molecule has 5 rings (SSSR count). The quantitative estimate of drug-likeness (QED) is 0.475. The van der Waals surface area contributed by atoms with Gasteiger partial charge in [-0.15, -0.1) is 0 Å². The number of carboxylic acid groups (broad SMARTS) is 1. The molecule has 0 aromatic carbocycles. The van der Waals surface area contributed by atoms with Crippen molar-refractivity contribution in [3.8, 4) is 0 Å². The van der Waals surface area contributed by atoms with Gasteiger partial charge in [0.05, 0.1) is 5.41 Å². The first-order valence-corrected chi connectivity index (χ1v) is 12.6. The van der Waals surface area contributed by atoms with Gasteiger partial charge in [-0.25, -0.2) is 0 Å². The molecule has 31 heavy (non-hydrogen) atoms. The van der Waals surface area contributed by atoms with Gasteiger partial charge < -0.3 is 5.11 Å². The third-order valence-corrected chi connectivity index (χ3v) is 11.4. The van der Waals surface area contributed by atoms with Gasteiger partial charge in [-0.1, -0.05) is 51.8 Å². The Kier molecular flexibility index (Phi) is 4.40. The van der Waals surface area contributed by atoms with Crippen LogP contribution in [0.5, 0.6) is 0 Å². The van der Waals surface area contributed by atoms with Crippen LogP contribution in [0.1, 0.15) is 98.8 Å². The molecule has 5 aliphatic rings. The third-order valence-electron chi connectivity index (χ3n) is 11.4. The first kappa shape index (κ1) is 21.5. The van der Waals surface area contributed by atoms with Crippen molar-refractivity contribution in [1.82, 2.24) is 0 Å². The van der Waals surface area contributed by atoms with Gasteiger partial charge >= 0.3 is 5.97 Å². The molecule has 0 aliphatic heterocycles. The lowest BCUT2D eigenvalue weighted by Gasteiger charge is -2.68. The van der Waals surface area contributed by atoms with Crippen molar-refractivity contribution in [1.29, 1.82) is 0 Å². The highest BCUT2D eigenvalue weighted by Crippen LogP contribution is 2.74. The van der Waals surface area contributed by atoms with Gasteiger partial charge in [0.2, 0.25) is 0 Å². The Bertz CT molecular complexity index is 909. The molecule has 0 heterocycles. The number of ketones is 1. The fourth-order valence-corrected chi connectivity index (χ4v) is 9.07. The Hall–Kier alpha value is -1.38. The van der Waals surface area contributed by atoms with Gasteiger partial charge in [0.15, 0.2) is 5.78 Å². The van der Waals surface area contributed by atoms with Crippen LogP contribution in [0.4, 0.5) is 0 Å². The molecule has 6 atom stereocenters. The number of allylic oxidation sites excluding steroid dienone is 4. The van der Waals surface area contributed by atoms with Crippen LogP contribution >= 0.6 is 0 Å². The van der Waals surface area contributed by atoms with Crippen LogP contribution in [0.2, 0.25) is 0 Å². The minimum atomic E-state index is -0.565. The van der Waals surface area contributed by atoms with E-state index in [2.05, 4.69) is 40.7 Å². The Morgan fingerprint density at radius 1 is 0.968 bits per heavy atom. The van der Waals surface area contributed by atoms with Gasteiger partial charge in [0, 0.05) is 6.42 Å². The molecule has 0 unspecified atom stereocenters. The summed E-state index contributed by atoms with van der Waals surface area (Å²) < 4.78 is 0. The van der Waals surface area contributed by atoms with Gasteiger partial charge in [-0.05, 0) is 97.4 Å². The molecule has 0 aromatic heterocycles. The average Bonchev–Trinajstić information content (AvgIpc) is 2.69. The van der Waals surface area contributed by atoms with Crippen LogP contribution in [-0.2, 0) is 9.59 Å². The average molecular weight is 425 g/mol. The monoisotopic (exact) mass is 424 g/mol. The maximum Gasteiger partial charge on any atom is 0.310 e. The Labute approximate surface area is 187 Å². The molecular formula is C28H40O3. The molecule has 5 aliphatic carbocycles. The summed E-state index contributed by atoms with van der Waals surface area (Å²) in [6, 6.07) is 0. The highest BCUT2D eigenvalue weighted by Gasteiger charge is 2.66. The summed E-state index contributed by atoms with van der Waals surface area (Å²) in [6.45, 7) is 12.1. The molecule has 1 N–H and O–H groups in total. The first-order chi connectivity index (χ1) is 14.4. The van der Waals surface area contributed by atoms with Crippen molar-refractivity contribution in [2.45, 2.75) is 98.8 Å². The van der Waals surface area contributed by atoms with E-state index in [9.17, 15) is 14.7 Å². The molecule has 0 radical (unpaired) electrons. The minimum absolute atomic E-state index is 0.0585. The summed E-state index contributed by atoms with van der Waals surface area (Å²) >= 11 is 0. The zero-order valence-corrected chi connectivity index (χ0v) is 20.1. The van der Waals surface area contributed by atoms with Crippen molar-refractivity contribution in [2.75, 3.05) is 0 Å². The molecule has 3 saturated carbocycles. The Morgan fingerprint density at radius 2 is 1.68 bits per heavy atom. The highest BCUT2D eigenvalue weighted by atomic mass is 16.4. The van der Waals surface area contributed by atoms with Gasteiger partial charge in [-0.2, -0.15) is 0 Å². The fraction of sp³-hybridized carbons (Fsp3) is 0.786. The van der Waals surface area contributed by atoms with Crippen LogP contribution in [0.3, 0.4) is 0 Å². The van der Waals surface area contributed by atoms with Crippen LogP contribution < -0.4 is 0 Å². The molecule has 0 aromatic rings. The SMILES string of the molecule is CC1(C)CC[C@]2(C(=O)O)CC[C@]3(C)C(=CC[C@@H]4[C@@]5(C)CCC(=O)C=C5CC[C@]43C)[C@@H]2C1. The maximum absolute atomic E-state index is 12.7. The number of carbonyl (C=O) groups is 2.